The molecule has 3 aromatic carbocycles. The first kappa shape index (κ1) is 22.2. The summed E-state index contributed by atoms with van der Waals surface area (Å²) in [6.07, 6.45) is 0.110. The maximum atomic E-state index is 13.1. The number of carbonyl (C=O) groups excluding carboxylic acids is 3. The molecular weight excluding hydrogens is 421 g/mol. The van der Waals surface area contributed by atoms with Crippen molar-refractivity contribution in [1.82, 2.24) is 5.32 Å². The van der Waals surface area contributed by atoms with Gasteiger partial charge in [-0.15, -0.1) is 0 Å². The summed E-state index contributed by atoms with van der Waals surface area (Å²) in [7, 11) is 0. The molecule has 0 radical (unpaired) electrons. The molecule has 0 bridgehead atoms. The number of halogens is 1. The van der Waals surface area contributed by atoms with Crippen LogP contribution in [0.25, 0.3) is 0 Å². The molecule has 0 spiro atoms. The molecule has 1 fully saturated rings. The summed E-state index contributed by atoms with van der Waals surface area (Å²) in [5.74, 6) is -1.63. The highest BCUT2D eigenvalue weighted by Crippen LogP contribution is 2.28. The average molecular weight is 445 g/mol. The highest BCUT2D eigenvalue weighted by atomic mass is 19.1. The van der Waals surface area contributed by atoms with Crippen molar-refractivity contribution < 1.29 is 18.8 Å². The van der Waals surface area contributed by atoms with E-state index in [0.29, 0.717) is 11.3 Å². The maximum absolute atomic E-state index is 13.1. The molecule has 33 heavy (non-hydrogen) atoms. The van der Waals surface area contributed by atoms with Crippen LogP contribution in [-0.4, -0.2) is 24.3 Å². The minimum absolute atomic E-state index is 0.102. The second-order valence-corrected chi connectivity index (χ2v) is 8.04. The lowest BCUT2D eigenvalue weighted by molar-refractivity contribution is -0.122. The Bertz CT molecular complexity index is 1190. The molecule has 2 N–H and O–H groups in total. The molecule has 1 heterocycles. The second-order valence-electron chi connectivity index (χ2n) is 8.04. The number of nitrogens with one attached hydrogen (secondary N) is 2. The van der Waals surface area contributed by atoms with Gasteiger partial charge in [0.05, 0.1) is 17.2 Å². The normalized spacial score (nSPS) is 15.4. The van der Waals surface area contributed by atoms with Gasteiger partial charge < -0.3 is 15.5 Å². The molecule has 1 aliphatic rings. The SMILES string of the molecule is Cc1ccccc1N1C[C@@H](C(=O)Nc2ccccc2C(=O)NCc2ccc(F)cc2)CC1=O. The molecule has 1 saturated heterocycles. The van der Waals surface area contributed by atoms with Crippen LogP contribution >= 0.6 is 0 Å². The number of anilines is 2. The van der Waals surface area contributed by atoms with Gasteiger partial charge in [-0.05, 0) is 48.4 Å². The van der Waals surface area contributed by atoms with Crippen LogP contribution in [0.3, 0.4) is 0 Å². The highest BCUT2D eigenvalue weighted by molar-refractivity contribution is 6.07. The van der Waals surface area contributed by atoms with E-state index in [1.165, 1.54) is 12.1 Å². The van der Waals surface area contributed by atoms with E-state index >= 15 is 0 Å². The van der Waals surface area contributed by atoms with E-state index in [2.05, 4.69) is 10.6 Å². The molecule has 3 amide bonds. The third-order valence-corrected chi connectivity index (χ3v) is 5.70. The predicted molar refractivity (Wildman–Crippen MR) is 124 cm³/mol. The van der Waals surface area contributed by atoms with E-state index in [1.807, 2.05) is 31.2 Å². The van der Waals surface area contributed by atoms with Crippen molar-refractivity contribution in [3.8, 4) is 0 Å². The smallest absolute Gasteiger partial charge is 0.253 e. The minimum Gasteiger partial charge on any atom is -0.348 e. The van der Waals surface area contributed by atoms with E-state index in [4.69, 9.17) is 0 Å². The quantitative estimate of drug-likeness (QED) is 0.601. The standard InChI is InChI=1S/C26H24FN3O3/c1-17-6-2-5-9-23(17)30-16-19(14-24(30)31)25(32)29-22-8-4-3-7-21(22)26(33)28-15-18-10-12-20(27)13-11-18/h2-13,19H,14-16H2,1H3,(H,28,33)(H,29,32)/t19-/m0/s1. The number of amides is 3. The first-order valence-corrected chi connectivity index (χ1v) is 10.7. The van der Waals surface area contributed by atoms with E-state index in [-0.39, 0.29) is 43.0 Å². The summed E-state index contributed by atoms with van der Waals surface area (Å²) in [6.45, 7) is 2.44. The van der Waals surface area contributed by atoms with Gasteiger partial charge in [-0.3, -0.25) is 14.4 Å². The fourth-order valence-electron chi connectivity index (χ4n) is 3.89. The molecule has 6 nitrogen and oxygen atoms in total. The molecule has 0 aliphatic carbocycles. The third kappa shape index (κ3) is 5.09. The van der Waals surface area contributed by atoms with Gasteiger partial charge in [0.15, 0.2) is 0 Å². The molecular formula is C26H24FN3O3. The molecule has 3 aromatic rings. The average Bonchev–Trinajstić information content (AvgIpc) is 3.20. The van der Waals surface area contributed by atoms with Crippen molar-refractivity contribution in [2.45, 2.75) is 19.9 Å². The highest BCUT2D eigenvalue weighted by Gasteiger charge is 2.36. The molecule has 168 valence electrons. The monoisotopic (exact) mass is 445 g/mol. The van der Waals surface area contributed by atoms with Crippen molar-refractivity contribution in [1.29, 1.82) is 0 Å². The van der Waals surface area contributed by atoms with Gasteiger partial charge in [-0.1, -0.05) is 42.5 Å². The third-order valence-electron chi connectivity index (χ3n) is 5.70. The zero-order valence-electron chi connectivity index (χ0n) is 18.2. The Labute approximate surface area is 191 Å². The Hall–Kier alpha value is -4.00. The molecule has 4 rings (SSSR count). The summed E-state index contributed by atoms with van der Waals surface area (Å²) in [4.78, 5) is 39.9. The minimum atomic E-state index is -0.521. The van der Waals surface area contributed by atoms with Crippen molar-refractivity contribution >= 4 is 29.1 Å². The van der Waals surface area contributed by atoms with E-state index in [0.717, 1.165) is 16.8 Å². The fourth-order valence-corrected chi connectivity index (χ4v) is 3.89. The first-order chi connectivity index (χ1) is 15.9. The summed E-state index contributed by atoms with van der Waals surface area (Å²) in [5.41, 5.74) is 3.22. The van der Waals surface area contributed by atoms with Gasteiger partial charge in [0.2, 0.25) is 11.8 Å². The summed E-state index contributed by atoms with van der Waals surface area (Å²) >= 11 is 0. The van der Waals surface area contributed by atoms with E-state index < -0.39 is 5.92 Å². The molecule has 0 aromatic heterocycles. The lowest BCUT2D eigenvalue weighted by Crippen LogP contribution is -2.29. The van der Waals surface area contributed by atoms with Crippen LogP contribution < -0.4 is 15.5 Å². The Morgan fingerprint density at radius 2 is 1.70 bits per heavy atom. The number of benzene rings is 3. The van der Waals surface area contributed by atoms with Crippen LogP contribution in [0.2, 0.25) is 0 Å². The van der Waals surface area contributed by atoms with Crippen LogP contribution in [0.15, 0.2) is 72.8 Å². The van der Waals surface area contributed by atoms with Crippen LogP contribution in [0, 0.1) is 18.7 Å². The lowest BCUT2D eigenvalue weighted by atomic mass is 10.1. The molecule has 1 aliphatic heterocycles. The van der Waals surface area contributed by atoms with Crippen LogP contribution in [0.5, 0.6) is 0 Å². The number of rotatable bonds is 6. The summed E-state index contributed by atoms with van der Waals surface area (Å²) in [5, 5.41) is 5.60. The Kier molecular flexibility index (Phi) is 6.49. The van der Waals surface area contributed by atoms with Crippen molar-refractivity contribution in [3.63, 3.8) is 0 Å². The first-order valence-electron chi connectivity index (χ1n) is 10.7. The van der Waals surface area contributed by atoms with Crippen LogP contribution in [0.1, 0.15) is 27.9 Å². The van der Waals surface area contributed by atoms with Crippen molar-refractivity contribution in [3.05, 3.63) is 95.3 Å². The number of nitrogens with zero attached hydrogens (tertiary/aromatic N) is 1. The van der Waals surface area contributed by atoms with Crippen molar-refractivity contribution in [2.75, 3.05) is 16.8 Å². The van der Waals surface area contributed by atoms with E-state index in [1.54, 1.807) is 41.3 Å². The molecule has 0 saturated carbocycles. The number of carbonyl (C=O) groups is 3. The summed E-state index contributed by atoms with van der Waals surface area (Å²) in [6, 6.07) is 20.1. The van der Waals surface area contributed by atoms with Gasteiger partial charge in [0, 0.05) is 25.2 Å². The Morgan fingerprint density at radius 3 is 2.45 bits per heavy atom. The largest absolute Gasteiger partial charge is 0.348 e. The number of hydrogen-bond donors (Lipinski definition) is 2. The van der Waals surface area contributed by atoms with Gasteiger partial charge in [-0.2, -0.15) is 0 Å². The predicted octanol–water partition coefficient (Wildman–Crippen LogP) is 4.06. The summed E-state index contributed by atoms with van der Waals surface area (Å²) < 4.78 is 13.1. The number of hydrogen-bond acceptors (Lipinski definition) is 3. The molecule has 1 atom stereocenters. The van der Waals surface area contributed by atoms with Gasteiger partial charge >= 0.3 is 0 Å². The lowest BCUT2D eigenvalue weighted by Gasteiger charge is -2.19. The van der Waals surface area contributed by atoms with E-state index in [9.17, 15) is 18.8 Å². The van der Waals surface area contributed by atoms with Gasteiger partial charge in [0.25, 0.3) is 5.91 Å². The van der Waals surface area contributed by atoms with Crippen LogP contribution in [-0.2, 0) is 16.1 Å². The molecule has 0 unspecified atom stereocenters. The number of para-hydroxylation sites is 2. The van der Waals surface area contributed by atoms with Gasteiger partial charge in [-0.25, -0.2) is 4.39 Å². The second kappa shape index (κ2) is 9.65. The van der Waals surface area contributed by atoms with Crippen LogP contribution in [0.4, 0.5) is 15.8 Å². The topological polar surface area (TPSA) is 78.5 Å². The zero-order chi connectivity index (χ0) is 23.4. The van der Waals surface area contributed by atoms with Gasteiger partial charge in [0.1, 0.15) is 5.82 Å². The Morgan fingerprint density at radius 1 is 1.00 bits per heavy atom. The fraction of sp³-hybridized carbons (Fsp3) is 0.192. The maximum Gasteiger partial charge on any atom is 0.253 e. The molecule has 7 heteroatoms. The number of aryl methyl sites for hydroxylation is 1. The Balaban J connectivity index is 1.42. The zero-order valence-corrected chi connectivity index (χ0v) is 18.2. The van der Waals surface area contributed by atoms with Crippen molar-refractivity contribution in [2.24, 2.45) is 5.92 Å².